The van der Waals surface area contributed by atoms with Gasteiger partial charge in [0.1, 0.15) is 36.1 Å². The van der Waals surface area contributed by atoms with Gasteiger partial charge in [-0.25, -0.2) is 4.39 Å². The van der Waals surface area contributed by atoms with Gasteiger partial charge in [0.25, 0.3) is 0 Å². The molecule has 1 heterocycles. The average molecular weight is 582 g/mol. The van der Waals surface area contributed by atoms with E-state index >= 15 is 0 Å². The quantitative estimate of drug-likeness (QED) is 0.215. The Labute approximate surface area is 251 Å². The number of halogens is 2. The normalized spacial score (nSPS) is 19.3. The van der Waals surface area contributed by atoms with E-state index in [0.29, 0.717) is 46.2 Å². The summed E-state index contributed by atoms with van der Waals surface area (Å²) in [5, 5.41) is 13.5. The van der Waals surface area contributed by atoms with Crippen molar-refractivity contribution in [2.45, 2.75) is 64.3 Å². The molecule has 0 radical (unpaired) electrons. The van der Waals surface area contributed by atoms with Crippen LogP contribution in [0.4, 0.5) is 4.39 Å². The Morgan fingerprint density at radius 1 is 1.02 bits per heavy atom. The fraction of sp³-hybridized carbons (Fsp3) is 0.314. The maximum atomic E-state index is 14.7. The van der Waals surface area contributed by atoms with E-state index in [2.05, 4.69) is 29.4 Å². The third kappa shape index (κ3) is 5.99. The Kier molecular flexibility index (Phi) is 8.41. The molecule has 0 unspecified atom stereocenters. The van der Waals surface area contributed by atoms with Crippen LogP contribution < -0.4 is 14.8 Å². The lowest BCUT2D eigenvalue weighted by Crippen LogP contribution is -2.30. The van der Waals surface area contributed by atoms with Crippen LogP contribution in [0.5, 0.6) is 11.5 Å². The van der Waals surface area contributed by atoms with Crippen molar-refractivity contribution in [2.24, 2.45) is 5.92 Å². The summed E-state index contributed by atoms with van der Waals surface area (Å²) in [7, 11) is 0. The fourth-order valence-corrected chi connectivity index (χ4v) is 6.47. The number of benzene rings is 3. The summed E-state index contributed by atoms with van der Waals surface area (Å²) in [4.78, 5) is 4.16. The highest BCUT2D eigenvalue weighted by Crippen LogP contribution is 2.43. The maximum absolute atomic E-state index is 14.7. The van der Waals surface area contributed by atoms with Gasteiger partial charge in [0.15, 0.2) is 0 Å². The highest BCUT2D eigenvalue weighted by atomic mass is 35.5. The summed E-state index contributed by atoms with van der Waals surface area (Å²) in [5.41, 5.74) is 5.91. The van der Waals surface area contributed by atoms with Crippen molar-refractivity contribution in [3.05, 3.63) is 112 Å². The molecule has 1 saturated carbocycles. The number of hydrogen-bond acceptors (Lipinski definition) is 5. The van der Waals surface area contributed by atoms with Crippen LogP contribution in [0.1, 0.15) is 66.5 Å². The third-order valence-corrected chi connectivity index (χ3v) is 8.79. The van der Waals surface area contributed by atoms with Crippen LogP contribution in [0.3, 0.4) is 0 Å². The highest BCUT2D eigenvalue weighted by molar-refractivity contribution is 6.32. The van der Waals surface area contributed by atoms with Gasteiger partial charge in [-0.2, -0.15) is 5.26 Å². The fourth-order valence-electron chi connectivity index (χ4n) is 6.24. The Balaban J connectivity index is 1.27. The molecule has 7 heteroatoms. The van der Waals surface area contributed by atoms with Gasteiger partial charge in [-0.05, 0) is 66.5 Å². The van der Waals surface area contributed by atoms with Crippen molar-refractivity contribution in [3.8, 4) is 28.7 Å². The molecule has 3 aromatic carbocycles. The first-order chi connectivity index (χ1) is 20.5. The second kappa shape index (κ2) is 12.5. The molecule has 1 fully saturated rings. The summed E-state index contributed by atoms with van der Waals surface area (Å²) >= 11 is 6.83. The highest BCUT2D eigenvalue weighted by Gasteiger charge is 2.28. The Bertz CT molecular complexity index is 1640. The molecular formula is C35H33ClFN3O2. The van der Waals surface area contributed by atoms with Gasteiger partial charge >= 0.3 is 0 Å². The van der Waals surface area contributed by atoms with Crippen LogP contribution >= 0.6 is 11.6 Å². The minimum Gasteiger partial charge on any atom is -0.488 e. The number of pyridine rings is 1. The minimum atomic E-state index is -0.230. The molecule has 5 nitrogen and oxygen atoms in total. The number of fused-ring (bicyclic) bond motifs is 1. The number of nitriles is 1. The summed E-state index contributed by atoms with van der Waals surface area (Å²) in [5.74, 6) is 1.62. The molecule has 4 aromatic rings. The van der Waals surface area contributed by atoms with E-state index in [1.54, 1.807) is 18.3 Å². The Hall–Kier alpha value is -3.92. The standard InChI is InChI=1S/C35H33ClFN3O2/c1-22-6-4-11-32(22)40-20-25-15-30(36)35(16-34(25)41-21-24-14-23(17-38)18-39-19-24)42-33-13-12-27-26(8-5-9-29(27)33)28-7-2-3-10-31(28)37/h2-3,5,7-10,14-16,18-19,22,32-33,40H,4,6,11-13,20-21H2,1H3/t22-,32-,33+/m1/s1. The first-order valence-electron chi connectivity index (χ1n) is 14.6. The number of hydrogen-bond donors (Lipinski definition) is 1. The molecule has 214 valence electrons. The number of nitrogens with zero attached hydrogens (tertiary/aromatic N) is 2. The molecule has 6 rings (SSSR count). The van der Waals surface area contributed by atoms with Gasteiger partial charge in [-0.1, -0.05) is 61.3 Å². The van der Waals surface area contributed by atoms with E-state index in [4.69, 9.17) is 21.1 Å². The van der Waals surface area contributed by atoms with Crippen LogP contribution in [-0.2, 0) is 19.6 Å². The van der Waals surface area contributed by atoms with Crippen molar-refractivity contribution in [1.82, 2.24) is 10.3 Å². The Morgan fingerprint density at radius 2 is 1.88 bits per heavy atom. The predicted molar refractivity (Wildman–Crippen MR) is 162 cm³/mol. The first-order valence-corrected chi connectivity index (χ1v) is 14.9. The summed E-state index contributed by atoms with van der Waals surface area (Å²) < 4.78 is 27.5. The van der Waals surface area contributed by atoms with Gasteiger partial charge in [0.05, 0.1) is 10.6 Å². The molecule has 0 aliphatic heterocycles. The van der Waals surface area contributed by atoms with Gasteiger partial charge in [-0.15, -0.1) is 0 Å². The average Bonchev–Trinajstić information content (AvgIpc) is 3.62. The van der Waals surface area contributed by atoms with Gasteiger partial charge in [0.2, 0.25) is 0 Å². The monoisotopic (exact) mass is 581 g/mol. The zero-order chi connectivity index (χ0) is 29.1. The van der Waals surface area contributed by atoms with Crippen LogP contribution in [0.15, 0.2) is 73.1 Å². The second-order valence-electron chi connectivity index (χ2n) is 11.3. The third-order valence-electron chi connectivity index (χ3n) is 8.50. The Morgan fingerprint density at radius 3 is 2.69 bits per heavy atom. The molecule has 0 bridgehead atoms. The summed E-state index contributed by atoms with van der Waals surface area (Å²) in [6, 6.07) is 21.0. The van der Waals surface area contributed by atoms with Gasteiger partial charge < -0.3 is 14.8 Å². The number of nitrogens with one attached hydrogen (secondary N) is 1. The van der Waals surface area contributed by atoms with E-state index in [9.17, 15) is 9.65 Å². The summed E-state index contributed by atoms with van der Waals surface area (Å²) in [6.07, 6.45) is 8.21. The van der Waals surface area contributed by atoms with E-state index in [0.717, 1.165) is 47.1 Å². The molecule has 1 N–H and O–H groups in total. The lowest BCUT2D eigenvalue weighted by atomic mass is 9.96. The zero-order valence-corrected chi connectivity index (χ0v) is 24.3. The zero-order valence-electron chi connectivity index (χ0n) is 23.6. The SMILES string of the molecule is C[C@@H]1CCC[C@H]1NCc1cc(Cl)c(O[C@H]2CCc3c(-c4ccccc4F)cccc32)cc1OCc1cncc(C#N)c1. The lowest BCUT2D eigenvalue weighted by Gasteiger charge is -2.21. The first kappa shape index (κ1) is 28.2. The molecule has 3 atom stereocenters. The van der Waals surface area contributed by atoms with Crippen molar-refractivity contribution < 1.29 is 13.9 Å². The topological polar surface area (TPSA) is 67.2 Å². The number of rotatable bonds is 9. The number of aromatic nitrogens is 1. The van der Waals surface area contributed by atoms with Crippen molar-refractivity contribution in [3.63, 3.8) is 0 Å². The molecule has 0 spiro atoms. The van der Waals surface area contributed by atoms with E-state index in [-0.39, 0.29) is 18.5 Å². The molecule has 42 heavy (non-hydrogen) atoms. The van der Waals surface area contributed by atoms with Crippen LogP contribution in [0.2, 0.25) is 5.02 Å². The maximum Gasteiger partial charge on any atom is 0.142 e. The summed E-state index contributed by atoms with van der Waals surface area (Å²) in [6.45, 7) is 3.17. The molecule has 0 amide bonds. The molecule has 2 aliphatic rings. The van der Waals surface area contributed by atoms with E-state index in [1.807, 2.05) is 36.4 Å². The second-order valence-corrected chi connectivity index (χ2v) is 11.7. The van der Waals surface area contributed by atoms with Gasteiger partial charge in [-0.3, -0.25) is 4.98 Å². The minimum absolute atomic E-state index is 0.211. The van der Waals surface area contributed by atoms with Crippen molar-refractivity contribution in [2.75, 3.05) is 0 Å². The van der Waals surface area contributed by atoms with Crippen LogP contribution in [0.25, 0.3) is 11.1 Å². The van der Waals surface area contributed by atoms with Crippen LogP contribution in [0, 0.1) is 23.1 Å². The number of ether oxygens (including phenoxy) is 2. The molecule has 2 aliphatic carbocycles. The molecular weight excluding hydrogens is 549 g/mol. The van der Waals surface area contributed by atoms with E-state index < -0.39 is 0 Å². The lowest BCUT2D eigenvalue weighted by molar-refractivity contribution is 0.206. The van der Waals surface area contributed by atoms with Gasteiger partial charge in [0, 0.05) is 47.7 Å². The smallest absolute Gasteiger partial charge is 0.142 e. The van der Waals surface area contributed by atoms with Crippen LogP contribution in [-0.4, -0.2) is 11.0 Å². The molecule has 0 saturated heterocycles. The molecule has 1 aromatic heterocycles. The van der Waals surface area contributed by atoms with Crippen molar-refractivity contribution in [1.29, 1.82) is 5.26 Å². The predicted octanol–water partition coefficient (Wildman–Crippen LogP) is 8.34. The largest absolute Gasteiger partial charge is 0.488 e. The van der Waals surface area contributed by atoms with E-state index in [1.165, 1.54) is 25.1 Å². The van der Waals surface area contributed by atoms with Crippen molar-refractivity contribution >= 4 is 11.6 Å².